The molecule has 0 saturated carbocycles. The van der Waals surface area contributed by atoms with Crippen LogP contribution < -0.4 is 10.5 Å². The molecule has 4 aromatic rings. The van der Waals surface area contributed by atoms with Gasteiger partial charge in [-0.2, -0.15) is 0 Å². The van der Waals surface area contributed by atoms with E-state index in [9.17, 15) is 9.90 Å². The number of carbonyl (C=O) groups excluding carboxylic acids is 1. The Hall–Kier alpha value is -3.80. The van der Waals surface area contributed by atoms with Crippen molar-refractivity contribution in [1.29, 1.82) is 0 Å². The number of nitrogens with one attached hydrogen (secondary N) is 1. The molecule has 27 heavy (non-hydrogen) atoms. The molecule has 0 atom stereocenters. The molecule has 4 N–H and O–H groups in total. The highest BCUT2D eigenvalue weighted by Crippen LogP contribution is 2.36. The number of hydrogen-bond acceptors (Lipinski definition) is 4. The van der Waals surface area contributed by atoms with Crippen molar-refractivity contribution in [3.8, 4) is 33.8 Å². The topological polar surface area (TPSA) is 101 Å². The monoisotopic (exact) mass is 359 g/mol. The molecule has 6 nitrogen and oxygen atoms in total. The Morgan fingerprint density at radius 3 is 2.70 bits per heavy atom. The van der Waals surface area contributed by atoms with Gasteiger partial charge in [0.25, 0.3) is 5.91 Å². The molecule has 6 heteroatoms. The van der Waals surface area contributed by atoms with Gasteiger partial charge in [-0.25, -0.2) is 4.98 Å². The number of methoxy groups -OCH3 is 1. The summed E-state index contributed by atoms with van der Waals surface area (Å²) in [5.74, 6) is -0.0548. The number of primary amides is 1. The molecule has 0 aliphatic rings. The number of nitrogens with two attached hydrogens (primary N) is 1. The van der Waals surface area contributed by atoms with Gasteiger partial charge in [-0.15, -0.1) is 0 Å². The van der Waals surface area contributed by atoms with Crippen molar-refractivity contribution in [2.24, 2.45) is 5.73 Å². The first-order valence-corrected chi connectivity index (χ1v) is 8.32. The number of H-pyrrole nitrogens is 1. The first-order valence-electron chi connectivity index (χ1n) is 8.32. The minimum absolute atomic E-state index is 0.0756. The van der Waals surface area contributed by atoms with Gasteiger partial charge in [0.05, 0.1) is 12.7 Å². The van der Waals surface area contributed by atoms with Gasteiger partial charge in [-0.1, -0.05) is 24.3 Å². The molecule has 0 fully saturated rings. The second-order valence-corrected chi connectivity index (χ2v) is 6.12. The summed E-state index contributed by atoms with van der Waals surface area (Å²) in [5, 5.41) is 10.7. The zero-order valence-corrected chi connectivity index (χ0v) is 14.6. The standard InChI is InChI=1S/C21H17N3O3/c1-27-19-5-3-2-4-14(19)17-11-24-21-15(17)9-13(10-23-21)12-6-7-18(25)16(8-12)20(22)26/h2-11,25H,1H3,(H2,22,26)(H,23,24). The molecule has 0 unspecified atom stereocenters. The number of rotatable bonds is 4. The maximum Gasteiger partial charge on any atom is 0.252 e. The number of phenols is 1. The van der Waals surface area contributed by atoms with Crippen molar-refractivity contribution in [3.05, 3.63) is 66.5 Å². The van der Waals surface area contributed by atoms with Gasteiger partial charge >= 0.3 is 0 Å². The van der Waals surface area contributed by atoms with E-state index in [-0.39, 0.29) is 11.3 Å². The molecule has 0 radical (unpaired) electrons. The summed E-state index contributed by atoms with van der Waals surface area (Å²) >= 11 is 0. The summed E-state index contributed by atoms with van der Waals surface area (Å²) in [5.41, 5.74) is 9.62. The first kappa shape index (κ1) is 16.7. The highest BCUT2D eigenvalue weighted by atomic mass is 16.5. The maximum absolute atomic E-state index is 11.5. The van der Waals surface area contributed by atoms with Crippen LogP contribution in [0.15, 0.2) is 60.9 Å². The average Bonchev–Trinajstić information content (AvgIpc) is 3.11. The number of ether oxygens (including phenoxy) is 1. The Bertz CT molecular complexity index is 1160. The van der Waals surface area contributed by atoms with Crippen molar-refractivity contribution in [2.75, 3.05) is 7.11 Å². The number of hydrogen-bond donors (Lipinski definition) is 3. The van der Waals surface area contributed by atoms with E-state index in [1.54, 1.807) is 25.4 Å². The number of nitrogens with zero attached hydrogens (tertiary/aromatic N) is 1. The third kappa shape index (κ3) is 2.87. The molecule has 2 aromatic heterocycles. The van der Waals surface area contributed by atoms with Gasteiger partial charge in [0, 0.05) is 34.5 Å². The van der Waals surface area contributed by atoms with Crippen LogP contribution in [0.4, 0.5) is 0 Å². The molecule has 0 bridgehead atoms. The van der Waals surface area contributed by atoms with E-state index in [0.717, 1.165) is 39.0 Å². The Morgan fingerprint density at radius 1 is 1.11 bits per heavy atom. The number of aromatic amines is 1. The van der Waals surface area contributed by atoms with Crippen molar-refractivity contribution in [3.63, 3.8) is 0 Å². The van der Waals surface area contributed by atoms with E-state index in [1.807, 2.05) is 36.5 Å². The van der Waals surface area contributed by atoms with Gasteiger partial charge in [-0.05, 0) is 29.8 Å². The summed E-state index contributed by atoms with van der Waals surface area (Å²) in [6.07, 6.45) is 3.60. The Kier molecular flexibility index (Phi) is 4.01. The fraction of sp³-hybridized carbons (Fsp3) is 0.0476. The maximum atomic E-state index is 11.5. The molecule has 4 rings (SSSR count). The molecule has 0 aliphatic carbocycles. The summed E-state index contributed by atoms with van der Waals surface area (Å²) in [4.78, 5) is 19.2. The van der Waals surface area contributed by atoms with Crippen molar-refractivity contribution >= 4 is 16.9 Å². The lowest BCUT2D eigenvalue weighted by atomic mass is 10.00. The highest BCUT2D eigenvalue weighted by Gasteiger charge is 2.14. The SMILES string of the molecule is COc1ccccc1-c1c[nH]c2ncc(-c3ccc(O)c(C(N)=O)c3)cc12. The number of para-hydroxylation sites is 1. The van der Waals surface area contributed by atoms with Gasteiger partial charge in [0.2, 0.25) is 0 Å². The fourth-order valence-corrected chi connectivity index (χ4v) is 3.16. The van der Waals surface area contributed by atoms with Crippen LogP contribution in [-0.2, 0) is 0 Å². The lowest BCUT2D eigenvalue weighted by molar-refractivity contribution is 0.0998. The van der Waals surface area contributed by atoms with Gasteiger partial charge < -0.3 is 20.6 Å². The Labute approximate surface area is 155 Å². The molecule has 134 valence electrons. The fourth-order valence-electron chi connectivity index (χ4n) is 3.16. The number of amides is 1. The summed E-state index contributed by atoms with van der Waals surface area (Å²) < 4.78 is 5.47. The highest BCUT2D eigenvalue weighted by molar-refractivity contribution is 5.99. The number of carbonyl (C=O) groups is 1. The van der Waals surface area contributed by atoms with Crippen LogP contribution in [0.1, 0.15) is 10.4 Å². The zero-order chi connectivity index (χ0) is 19.0. The summed E-state index contributed by atoms with van der Waals surface area (Å²) in [6, 6.07) is 14.5. The van der Waals surface area contributed by atoms with Crippen LogP contribution in [0.2, 0.25) is 0 Å². The van der Waals surface area contributed by atoms with Crippen molar-refractivity contribution in [2.45, 2.75) is 0 Å². The predicted octanol–water partition coefficient (Wildman–Crippen LogP) is 3.71. The molecule has 0 saturated heterocycles. The van der Waals surface area contributed by atoms with Gasteiger partial charge in [0.1, 0.15) is 17.1 Å². The number of aromatic hydroxyl groups is 1. The van der Waals surface area contributed by atoms with Crippen LogP contribution in [-0.4, -0.2) is 28.1 Å². The third-order valence-electron chi connectivity index (χ3n) is 4.52. The van der Waals surface area contributed by atoms with Gasteiger partial charge in [0.15, 0.2) is 0 Å². The first-order chi connectivity index (χ1) is 13.1. The summed E-state index contributed by atoms with van der Waals surface area (Å²) in [7, 11) is 1.64. The minimum atomic E-state index is -0.681. The van der Waals surface area contributed by atoms with Crippen molar-refractivity contribution < 1.29 is 14.6 Å². The van der Waals surface area contributed by atoms with Crippen LogP contribution >= 0.6 is 0 Å². The minimum Gasteiger partial charge on any atom is -0.507 e. The number of benzene rings is 2. The van der Waals surface area contributed by atoms with Gasteiger partial charge in [-0.3, -0.25) is 4.79 Å². The molecule has 0 aliphatic heterocycles. The second kappa shape index (κ2) is 6.49. The molecular weight excluding hydrogens is 342 g/mol. The molecule has 1 amide bonds. The molecule has 2 aromatic carbocycles. The van der Waals surface area contributed by atoms with E-state index >= 15 is 0 Å². The number of fused-ring (bicyclic) bond motifs is 1. The zero-order valence-electron chi connectivity index (χ0n) is 14.6. The normalized spacial score (nSPS) is 10.9. The largest absolute Gasteiger partial charge is 0.507 e. The smallest absolute Gasteiger partial charge is 0.252 e. The van der Waals surface area contributed by atoms with E-state index in [1.165, 1.54) is 6.07 Å². The molecular formula is C21H17N3O3. The molecule has 2 heterocycles. The van der Waals surface area contributed by atoms with E-state index in [4.69, 9.17) is 10.5 Å². The number of aromatic nitrogens is 2. The van der Waals surface area contributed by atoms with Crippen LogP contribution in [0, 0.1) is 0 Å². The van der Waals surface area contributed by atoms with Crippen LogP contribution in [0.3, 0.4) is 0 Å². The third-order valence-corrected chi connectivity index (χ3v) is 4.52. The Balaban J connectivity index is 1.88. The van der Waals surface area contributed by atoms with Crippen LogP contribution in [0.25, 0.3) is 33.3 Å². The lowest BCUT2D eigenvalue weighted by Crippen LogP contribution is -2.11. The average molecular weight is 359 g/mol. The second-order valence-electron chi connectivity index (χ2n) is 6.12. The lowest BCUT2D eigenvalue weighted by Gasteiger charge is -2.08. The Morgan fingerprint density at radius 2 is 1.93 bits per heavy atom. The molecule has 0 spiro atoms. The number of pyridine rings is 1. The van der Waals surface area contributed by atoms with Crippen LogP contribution in [0.5, 0.6) is 11.5 Å². The van der Waals surface area contributed by atoms with E-state index in [0.29, 0.717) is 0 Å². The quantitative estimate of drug-likeness (QED) is 0.517. The summed E-state index contributed by atoms with van der Waals surface area (Å²) in [6.45, 7) is 0. The van der Waals surface area contributed by atoms with Crippen molar-refractivity contribution in [1.82, 2.24) is 9.97 Å². The van der Waals surface area contributed by atoms with E-state index < -0.39 is 5.91 Å². The van der Waals surface area contributed by atoms with E-state index in [2.05, 4.69) is 9.97 Å². The predicted molar refractivity (Wildman–Crippen MR) is 104 cm³/mol.